The van der Waals surface area contributed by atoms with Crippen molar-refractivity contribution in [3.05, 3.63) is 47.9 Å². The van der Waals surface area contributed by atoms with Gasteiger partial charge in [0.25, 0.3) is 0 Å². The van der Waals surface area contributed by atoms with Crippen molar-refractivity contribution in [1.82, 2.24) is 4.98 Å². The maximum absolute atomic E-state index is 13.1. The summed E-state index contributed by atoms with van der Waals surface area (Å²) in [6.07, 6.45) is 1.74. The first kappa shape index (κ1) is 10.6. The predicted octanol–water partition coefficient (Wildman–Crippen LogP) is 3.24. The van der Waals surface area contributed by atoms with Crippen LogP contribution in [0.15, 0.2) is 36.5 Å². The molecule has 82 valence electrons. The standard InChI is InChI=1S/C13H13FN2/c1-9-7-10(3-4-12(9)14)13-8-11(15-2)5-6-16-13/h3-8H,1-2H3,(H,15,16). The van der Waals surface area contributed by atoms with Gasteiger partial charge in [0.15, 0.2) is 0 Å². The molecule has 3 heteroatoms. The molecule has 0 amide bonds. The molecule has 0 aliphatic rings. The van der Waals surface area contributed by atoms with Gasteiger partial charge in [0.2, 0.25) is 0 Å². The highest BCUT2D eigenvalue weighted by Crippen LogP contribution is 2.21. The van der Waals surface area contributed by atoms with Crippen molar-refractivity contribution in [3.8, 4) is 11.3 Å². The summed E-state index contributed by atoms with van der Waals surface area (Å²) in [4.78, 5) is 4.27. The van der Waals surface area contributed by atoms with Gasteiger partial charge >= 0.3 is 0 Å². The van der Waals surface area contributed by atoms with Crippen molar-refractivity contribution < 1.29 is 4.39 Å². The van der Waals surface area contributed by atoms with Gasteiger partial charge in [-0.25, -0.2) is 4.39 Å². The van der Waals surface area contributed by atoms with Crippen LogP contribution in [0.5, 0.6) is 0 Å². The van der Waals surface area contributed by atoms with Crippen LogP contribution in [0.25, 0.3) is 11.3 Å². The van der Waals surface area contributed by atoms with E-state index in [2.05, 4.69) is 10.3 Å². The summed E-state index contributed by atoms with van der Waals surface area (Å²) in [6, 6.07) is 8.84. The van der Waals surface area contributed by atoms with Gasteiger partial charge in [-0.05, 0) is 42.8 Å². The summed E-state index contributed by atoms with van der Waals surface area (Å²) < 4.78 is 13.1. The average Bonchev–Trinajstić information content (AvgIpc) is 2.33. The Kier molecular flexibility index (Phi) is 2.86. The molecule has 16 heavy (non-hydrogen) atoms. The molecule has 0 aliphatic heterocycles. The number of rotatable bonds is 2. The Morgan fingerprint density at radius 1 is 1.19 bits per heavy atom. The number of nitrogens with one attached hydrogen (secondary N) is 1. The lowest BCUT2D eigenvalue weighted by Crippen LogP contribution is -1.91. The highest BCUT2D eigenvalue weighted by molar-refractivity contribution is 5.64. The number of pyridine rings is 1. The number of aromatic nitrogens is 1. The summed E-state index contributed by atoms with van der Waals surface area (Å²) in [6.45, 7) is 1.75. The van der Waals surface area contributed by atoms with Gasteiger partial charge in [-0.3, -0.25) is 4.98 Å². The quantitative estimate of drug-likeness (QED) is 0.833. The zero-order chi connectivity index (χ0) is 11.5. The second-order valence-electron chi connectivity index (χ2n) is 3.64. The van der Waals surface area contributed by atoms with Gasteiger partial charge in [-0.1, -0.05) is 0 Å². The Balaban J connectivity index is 2.46. The monoisotopic (exact) mass is 216 g/mol. The van der Waals surface area contributed by atoms with E-state index in [1.54, 1.807) is 25.3 Å². The topological polar surface area (TPSA) is 24.9 Å². The van der Waals surface area contributed by atoms with Crippen LogP contribution in [0.4, 0.5) is 10.1 Å². The van der Waals surface area contributed by atoms with Crippen LogP contribution in [0, 0.1) is 12.7 Å². The normalized spacial score (nSPS) is 10.2. The highest BCUT2D eigenvalue weighted by atomic mass is 19.1. The van der Waals surface area contributed by atoms with E-state index in [1.165, 1.54) is 6.07 Å². The summed E-state index contributed by atoms with van der Waals surface area (Å²) in [7, 11) is 1.86. The average molecular weight is 216 g/mol. The molecule has 1 aromatic heterocycles. The number of benzene rings is 1. The van der Waals surface area contributed by atoms with Crippen LogP contribution < -0.4 is 5.32 Å². The van der Waals surface area contributed by atoms with Crippen LogP contribution in [0.1, 0.15) is 5.56 Å². The summed E-state index contributed by atoms with van der Waals surface area (Å²) in [5, 5.41) is 3.05. The predicted molar refractivity (Wildman–Crippen MR) is 63.9 cm³/mol. The molecule has 1 aromatic carbocycles. The fourth-order valence-electron chi connectivity index (χ4n) is 1.55. The highest BCUT2D eigenvalue weighted by Gasteiger charge is 2.03. The first-order valence-corrected chi connectivity index (χ1v) is 5.11. The molecule has 2 nitrogen and oxygen atoms in total. The summed E-state index contributed by atoms with van der Waals surface area (Å²) in [5.41, 5.74) is 3.40. The number of halogens is 1. The largest absolute Gasteiger partial charge is 0.388 e. The maximum Gasteiger partial charge on any atom is 0.126 e. The number of hydrogen-bond acceptors (Lipinski definition) is 2. The Labute approximate surface area is 94.2 Å². The van der Waals surface area contributed by atoms with Crippen LogP contribution in [-0.4, -0.2) is 12.0 Å². The van der Waals surface area contributed by atoms with Crippen LogP contribution in [-0.2, 0) is 0 Å². The third-order valence-electron chi connectivity index (χ3n) is 2.50. The molecule has 0 radical (unpaired) electrons. The van der Waals surface area contributed by atoms with Crippen LogP contribution in [0.3, 0.4) is 0 Å². The van der Waals surface area contributed by atoms with E-state index < -0.39 is 0 Å². The summed E-state index contributed by atoms with van der Waals surface area (Å²) >= 11 is 0. The molecular weight excluding hydrogens is 203 g/mol. The van der Waals surface area contributed by atoms with Gasteiger partial charge < -0.3 is 5.32 Å². The lowest BCUT2D eigenvalue weighted by Gasteiger charge is -2.05. The second-order valence-corrected chi connectivity index (χ2v) is 3.64. The van der Waals surface area contributed by atoms with E-state index in [0.29, 0.717) is 5.56 Å². The van der Waals surface area contributed by atoms with E-state index in [-0.39, 0.29) is 5.82 Å². The van der Waals surface area contributed by atoms with Crippen molar-refractivity contribution in [2.24, 2.45) is 0 Å². The van der Waals surface area contributed by atoms with E-state index >= 15 is 0 Å². The van der Waals surface area contributed by atoms with Crippen molar-refractivity contribution in [3.63, 3.8) is 0 Å². The van der Waals surface area contributed by atoms with Crippen molar-refractivity contribution in [2.75, 3.05) is 12.4 Å². The van der Waals surface area contributed by atoms with Gasteiger partial charge in [-0.2, -0.15) is 0 Å². The molecule has 0 saturated heterocycles. The lowest BCUT2D eigenvalue weighted by atomic mass is 10.1. The third-order valence-corrected chi connectivity index (χ3v) is 2.50. The Hall–Kier alpha value is -1.90. The van der Waals surface area contributed by atoms with Gasteiger partial charge in [0, 0.05) is 24.5 Å². The fraction of sp³-hybridized carbons (Fsp3) is 0.154. The maximum atomic E-state index is 13.1. The second kappa shape index (κ2) is 4.31. The minimum absolute atomic E-state index is 0.187. The van der Waals surface area contributed by atoms with E-state index in [1.807, 2.05) is 19.2 Å². The molecule has 0 spiro atoms. The third kappa shape index (κ3) is 2.03. The molecule has 2 rings (SSSR count). The number of hydrogen-bond donors (Lipinski definition) is 1. The lowest BCUT2D eigenvalue weighted by molar-refractivity contribution is 0.619. The molecule has 1 heterocycles. The summed E-state index contributed by atoms with van der Waals surface area (Å²) in [5.74, 6) is -0.187. The Bertz CT molecular complexity index is 509. The molecule has 0 unspecified atom stereocenters. The van der Waals surface area contributed by atoms with Gasteiger partial charge in [-0.15, -0.1) is 0 Å². The van der Waals surface area contributed by atoms with E-state index in [0.717, 1.165) is 16.9 Å². The molecule has 2 aromatic rings. The molecule has 0 saturated carbocycles. The van der Waals surface area contributed by atoms with Crippen molar-refractivity contribution in [1.29, 1.82) is 0 Å². The minimum atomic E-state index is -0.187. The zero-order valence-corrected chi connectivity index (χ0v) is 9.29. The molecule has 0 atom stereocenters. The number of aryl methyl sites for hydroxylation is 1. The smallest absolute Gasteiger partial charge is 0.126 e. The van der Waals surface area contributed by atoms with Crippen LogP contribution in [0.2, 0.25) is 0 Å². The van der Waals surface area contributed by atoms with Crippen LogP contribution >= 0.6 is 0 Å². The fourth-order valence-corrected chi connectivity index (χ4v) is 1.55. The number of nitrogens with zero attached hydrogens (tertiary/aromatic N) is 1. The Morgan fingerprint density at radius 3 is 2.69 bits per heavy atom. The molecule has 0 bridgehead atoms. The first-order valence-electron chi connectivity index (χ1n) is 5.11. The molecular formula is C13H13FN2. The molecule has 0 fully saturated rings. The minimum Gasteiger partial charge on any atom is -0.388 e. The zero-order valence-electron chi connectivity index (χ0n) is 9.29. The Morgan fingerprint density at radius 2 is 2.00 bits per heavy atom. The van der Waals surface area contributed by atoms with Gasteiger partial charge in [0.05, 0.1) is 5.69 Å². The van der Waals surface area contributed by atoms with E-state index in [9.17, 15) is 4.39 Å². The van der Waals surface area contributed by atoms with Crippen molar-refractivity contribution >= 4 is 5.69 Å². The van der Waals surface area contributed by atoms with E-state index in [4.69, 9.17) is 0 Å². The van der Waals surface area contributed by atoms with Gasteiger partial charge in [0.1, 0.15) is 5.82 Å². The molecule has 1 N–H and O–H groups in total. The van der Waals surface area contributed by atoms with Crippen molar-refractivity contribution in [2.45, 2.75) is 6.92 Å². The number of anilines is 1. The molecule has 0 aliphatic carbocycles. The first-order chi connectivity index (χ1) is 7.70. The SMILES string of the molecule is CNc1ccnc(-c2ccc(F)c(C)c2)c1.